The number of hydrogen-bond acceptors (Lipinski definition) is 11. The van der Waals surface area contributed by atoms with Gasteiger partial charge in [-0.05, 0) is 0 Å². The van der Waals surface area contributed by atoms with Crippen molar-refractivity contribution in [3.05, 3.63) is 12.2 Å². The zero-order valence-corrected chi connectivity index (χ0v) is 14.6. The summed E-state index contributed by atoms with van der Waals surface area (Å²) in [5, 5.41) is 6.18. The van der Waals surface area contributed by atoms with E-state index in [1.807, 2.05) is 0 Å². The molecule has 0 amide bonds. The molecule has 2 rings (SSSR count). The Labute approximate surface area is 165 Å². The number of rotatable bonds is 6. The minimum Gasteiger partial charge on any atom is -0.463 e. The molecule has 1 unspecified atom stereocenters. The lowest BCUT2D eigenvalue weighted by atomic mass is 9.93. The molecule has 0 aromatic carbocycles. The van der Waals surface area contributed by atoms with Gasteiger partial charge in [-0.3, -0.25) is 24.3 Å². The monoisotopic (exact) mass is 403 g/mol. The molecule has 1 N–H and O–H groups in total. The Morgan fingerprint density at radius 1 is 1.00 bits per heavy atom. The van der Waals surface area contributed by atoms with Crippen LogP contribution in [0.3, 0.4) is 0 Å². The van der Waals surface area contributed by atoms with Gasteiger partial charge in [-0.1, -0.05) is 0 Å². The summed E-state index contributed by atoms with van der Waals surface area (Å²) in [5.41, 5.74) is 0. The number of aromatic amines is 1. The van der Waals surface area contributed by atoms with Crippen LogP contribution < -0.4 is 0 Å². The van der Waals surface area contributed by atoms with E-state index in [1.54, 1.807) is 0 Å². The van der Waals surface area contributed by atoms with Gasteiger partial charge in [0.15, 0.2) is 30.2 Å². The van der Waals surface area contributed by atoms with Crippen LogP contribution in [-0.4, -0.2) is 70.1 Å². The first kappa shape index (κ1) is 16.0. The first-order valence-electron chi connectivity index (χ1n) is 10.6. The van der Waals surface area contributed by atoms with E-state index in [1.165, 1.54) is 0 Å². The Kier molecular flexibility index (Phi) is 5.29. The minimum atomic E-state index is -1.57. The normalized spacial score (nSPS) is 28.6. The van der Waals surface area contributed by atoms with E-state index in [2.05, 4.69) is 15.2 Å². The molecule has 1 aromatic rings. The highest BCUT2D eigenvalue weighted by Crippen LogP contribution is 2.36. The molecular weight excluding hydrogens is 378 g/mol. The third kappa shape index (κ3) is 5.49. The number of nitrogens with zero attached hydrogens (tertiary/aromatic N) is 2. The van der Waals surface area contributed by atoms with Gasteiger partial charge in [0.25, 0.3) is 0 Å². The van der Waals surface area contributed by atoms with Crippen molar-refractivity contribution >= 4 is 23.9 Å². The summed E-state index contributed by atoms with van der Waals surface area (Å²) in [6.07, 6.45) is -6.06. The molecule has 12 nitrogen and oxygen atoms in total. The van der Waals surface area contributed by atoms with E-state index in [0.717, 1.165) is 6.33 Å². The predicted molar refractivity (Wildman–Crippen MR) is 87.3 cm³/mol. The third-order valence-corrected chi connectivity index (χ3v) is 3.55. The molecule has 1 saturated heterocycles. The van der Waals surface area contributed by atoms with Gasteiger partial charge in [-0.25, -0.2) is 4.98 Å². The van der Waals surface area contributed by atoms with Crippen molar-refractivity contribution in [2.24, 2.45) is 0 Å². The van der Waals surface area contributed by atoms with E-state index in [4.69, 9.17) is 29.2 Å². The fourth-order valence-corrected chi connectivity index (χ4v) is 2.66. The summed E-state index contributed by atoms with van der Waals surface area (Å²) in [6.45, 7) is -3.66. The quantitative estimate of drug-likeness (QED) is 0.487. The molecule has 0 bridgehead atoms. The van der Waals surface area contributed by atoms with Gasteiger partial charge in [0.05, 0.1) is 0 Å². The van der Waals surface area contributed by atoms with Crippen molar-refractivity contribution in [1.29, 1.82) is 0 Å². The Morgan fingerprint density at radius 2 is 1.61 bits per heavy atom. The predicted octanol–water partition coefficient (Wildman–Crippen LogP) is -0.397. The van der Waals surface area contributed by atoms with Crippen molar-refractivity contribution in [2.45, 2.75) is 58.1 Å². The molecule has 0 saturated carbocycles. The van der Waals surface area contributed by atoms with Crippen molar-refractivity contribution in [3.8, 4) is 0 Å². The summed E-state index contributed by atoms with van der Waals surface area (Å²) in [4.78, 5) is 51.1. The molecule has 0 radical (unpaired) electrons. The molecule has 0 spiro atoms. The highest BCUT2D eigenvalue weighted by atomic mass is 16.7. The number of aromatic nitrogens is 3. The van der Waals surface area contributed by atoms with Crippen LogP contribution in [0, 0.1) is 0 Å². The fraction of sp³-hybridized carbons (Fsp3) is 0.625. The van der Waals surface area contributed by atoms with Crippen LogP contribution in [-0.2, 0) is 42.9 Å². The second-order valence-corrected chi connectivity index (χ2v) is 5.51. The molecule has 1 fully saturated rings. The number of H-pyrrole nitrogens is 1. The van der Waals surface area contributed by atoms with E-state index in [-0.39, 0.29) is 5.82 Å². The van der Waals surface area contributed by atoms with Crippen molar-refractivity contribution in [3.63, 3.8) is 0 Å². The molecule has 2 heterocycles. The summed E-state index contributed by atoms with van der Waals surface area (Å²) < 4.78 is 55.0. The van der Waals surface area contributed by atoms with Crippen LogP contribution in [0.15, 0.2) is 6.33 Å². The first-order chi connectivity index (χ1) is 15.3. The SMILES string of the molecule is [2H]CC(=O)OC[C@H]1OC(c2ncn[nH]2)[C@H](OC(=O)C[2H])[C@@H](OC(=O)C[2H])[C@@H]1OC(=O)C[2H]. The van der Waals surface area contributed by atoms with Gasteiger partial charge in [0.1, 0.15) is 19.0 Å². The molecule has 28 heavy (non-hydrogen) atoms. The molecule has 1 aliphatic heterocycles. The lowest BCUT2D eigenvalue weighted by molar-refractivity contribution is -0.255. The van der Waals surface area contributed by atoms with Crippen LogP contribution in [0.2, 0.25) is 0 Å². The lowest BCUT2D eigenvalue weighted by Gasteiger charge is -2.43. The average Bonchev–Trinajstić information content (AvgIpc) is 3.34. The molecule has 12 heteroatoms. The number of carbonyl (C=O) groups excluding carboxylic acids is 4. The van der Waals surface area contributed by atoms with E-state index in [0.29, 0.717) is 0 Å². The second kappa shape index (κ2) is 9.26. The largest absolute Gasteiger partial charge is 0.463 e. The smallest absolute Gasteiger partial charge is 0.303 e. The van der Waals surface area contributed by atoms with Gasteiger partial charge in [-0.2, -0.15) is 5.10 Å². The average molecular weight is 403 g/mol. The Bertz CT molecular complexity index is 798. The van der Waals surface area contributed by atoms with Crippen molar-refractivity contribution in [1.82, 2.24) is 15.2 Å². The van der Waals surface area contributed by atoms with Gasteiger partial charge in [-0.15, -0.1) is 0 Å². The molecule has 1 aromatic heterocycles. The van der Waals surface area contributed by atoms with Gasteiger partial charge in [0.2, 0.25) is 0 Å². The van der Waals surface area contributed by atoms with Gasteiger partial charge < -0.3 is 23.7 Å². The molecule has 5 atom stereocenters. The second-order valence-electron chi connectivity index (χ2n) is 5.51. The summed E-state index contributed by atoms with van der Waals surface area (Å²) >= 11 is 0. The van der Waals surface area contributed by atoms with Gasteiger partial charge in [0, 0.05) is 33.1 Å². The molecular formula is C16H21N3O9. The maximum absolute atomic E-state index is 11.9. The van der Waals surface area contributed by atoms with Crippen LogP contribution >= 0.6 is 0 Å². The van der Waals surface area contributed by atoms with E-state index in [9.17, 15) is 19.2 Å². The Hall–Kier alpha value is -3.02. The van der Waals surface area contributed by atoms with Crippen LogP contribution in [0.25, 0.3) is 0 Å². The molecule has 1 aliphatic rings. The van der Waals surface area contributed by atoms with Crippen LogP contribution in [0.5, 0.6) is 0 Å². The number of carbonyl (C=O) groups is 4. The van der Waals surface area contributed by atoms with Gasteiger partial charge >= 0.3 is 23.9 Å². The van der Waals surface area contributed by atoms with E-state index >= 15 is 0 Å². The summed E-state index contributed by atoms with van der Waals surface area (Å²) in [6, 6.07) is 0. The number of ether oxygens (including phenoxy) is 5. The number of hydrogen-bond donors (Lipinski definition) is 1. The van der Waals surface area contributed by atoms with Crippen molar-refractivity contribution in [2.75, 3.05) is 6.61 Å². The number of nitrogens with one attached hydrogen (secondary N) is 1. The van der Waals surface area contributed by atoms with Crippen LogP contribution in [0.1, 0.15) is 45.0 Å². The zero-order valence-electron chi connectivity index (χ0n) is 18.6. The van der Waals surface area contributed by atoms with Crippen LogP contribution in [0.4, 0.5) is 0 Å². The number of esters is 4. The highest BCUT2D eigenvalue weighted by Gasteiger charge is 2.53. The first-order valence-corrected chi connectivity index (χ1v) is 7.76. The summed E-state index contributed by atoms with van der Waals surface area (Å²) in [7, 11) is 0. The standard InChI is InChI=1S/C16H21N3O9/c1-7(20)24-5-11-12(25-8(2)21)13(26-9(3)22)14(27-10(4)23)15(28-11)16-17-6-18-19-16/h6,11-15H,5H2,1-4H3,(H,17,18,19)/t11-,12-,13+,14-,15?/m1/s1/i1D,2D,3D,4D. The Balaban J connectivity index is 2.49. The maximum atomic E-state index is 11.9. The maximum Gasteiger partial charge on any atom is 0.303 e. The zero-order chi connectivity index (χ0) is 23.7. The lowest BCUT2D eigenvalue weighted by Crippen LogP contribution is -2.59. The van der Waals surface area contributed by atoms with Crippen molar-refractivity contribution < 1.29 is 48.3 Å². The Morgan fingerprint density at radius 3 is 2.18 bits per heavy atom. The highest BCUT2D eigenvalue weighted by molar-refractivity contribution is 5.68. The fourth-order valence-electron chi connectivity index (χ4n) is 2.66. The topological polar surface area (TPSA) is 156 Å². The third-order valence-electron chi connectivity index (χ3n) is 3.55. The summed E-state index contributed by atoms with van der Waals surface area (Å²) in [5.74, 6) is -4.04. The minimum absolute atomic E-state index is 0.0155. The molecule has 154 valence electrons. The van der Waals surface area contributed by atoms with E-state index < -0.39 is 88.6 Å². The molecule has 0 aliphatic carbocycles.